The second kappa shape index (κ2) is 7.26. The molecule has 0 bridgehead atoms. The molecule has 2 aromatic rings. The molecule has 2 atom stereocenters. The molecule has 144 valence electrons. The largest absolute Gasteiger partial charge is 0.487 e. The molecule has 0 radical (unpaired) electrons. The van der Waals surface area contributed by atoms with E-state index in [0.29, 0.717) is 6.42 Å². The third kappa shape index (κ3) is 4.26. The molecule has 3 rings (SSSR count). The number of hydrogen-bond donors (Lipinski definition) is 1. The van der Waals surface area contributed by atoms with Crippen molar-refractivity contribution in [3.8, 4) is 11.5 Å². The molecule has 2 aromatic carbocycles. The molecule has 1 heterocycles. The summed E-state index contributed by atoms with van der Waals surface area (Å²) in [7, 11) is 0. The van der Waals surface area contributed by atoms with E-state index in [1.165, 1.54) is 0 Å². The van der Waals surface area contributed by atoms with Crippen molar-refractivity contribution in [2.45, 2.75) is 65.7 Å². The van der Waals surface area contributed by atoms with Gasteiger partial charge in [-0.25, -0.2) is 0 Å². The fourth-order valence-corrected chi connectivity index (χ4v) is 3.59. The summed E-state index contributed by atoms with van der Waals surface area (Å²) in [6.45, 7) is 12.0. The molecule has 0 aliphatic carbocycles. The van der Waals surface area contributed by atoms with Crippen molar-refractivity contribution in [1.82, 2.24) is 5.32 Å². The van der Waals surface area contributed by atoms with Crippen LogP contribution in [0.25, 0.3) is 0 Å². The number of fused-ring (bicyclic) bond motifs is 1. The van der Waals surface area contributed by atoms with Gasteiger partial charge in [-0.15, -0.1) is 0 Å². The van der Waals surface area contributed by atoms with E-state index in [1.807, 2.05) is 58.0 Å². The van der Waals surface area contributed by atoms with Crippen LogP contribution in [0.1, 0.15) is 55.5 Å². The first-order valence-corrected chi connectivity index (χ1v) is 9.49. The van der Waals surface area contributed by atoms with Gasteiger partial charge in [-0.2, -0.15) is 0 Å². The molecule has 1 aliphatic rings. The molecule has 0 saturated carbocycles. The third-order valence-corrected chi connectivity index (χ3v) is 5.13. The van der Waals surface area contributed by atoms with Crippen molar-refractivity contribution in [1.29, 1.82) is 0 Å². The molecule has 4 nitrogen and oxygen atoms in total. The van der Waals surface area contributed by atoms with E-state index in [-0.39, 0.29) is 17.6 Å². The fraction of sp³-hybridized carbons (Fsp3) is 0.435. The lowest BCUT2D eigenvalue weighted by Crippen LogP contribution is -2.44. The predicted molar refractivity (Wildman–Crippen MR) is 107 cm³/mol. The first kappa shape index (κ1) is 19.3. The van der Waals surface area contributed by atoms with Crippen molar-refractivity contribution in [2.24, 2.45) is 0 Å². The number of aryl methyl sites for hydroxylation is 2. The molecule has 0 unspecified atom stereocenters. The van der Waals surface area contributed by atoms with Gasteiger partial charge in [-0.05, 0) is 70.4 Å². The zero-order valence-electron chi connectivity index (χ0n) is 17.1. The normalized spacial score (nSPS) is 18.8. The van der Waals surface area contributed by atoms with Crippen molar-refractivity contribution in [2.75, 3.05) is 0 Å². The van der Waals surface area contributed by atoms with Crippen molar-refractivity contribution in [3.05, 3.63) is 58.7 Å². The summed E-state index contributed by atoms with van der Waals surface area (Å²) in [5.41, 5.74) is 4.04. The second-order valence-electron chi connectivity index (χ2n) is 8.13. The van der Waals surface area contributed by atoms with E-state index in [4.69, 9.17) is 9.47 Å². The SMILES string of the molecule is Cc1cc(C)c(C)c(O[C@H](C)C(=O)N[C@H]2CC(C)(C)Oc3ccccc32)c1. The maximum absolute atomic E-state index is 12.8. The second-order valence-corrected chi connectivity index (χ2v) is 8.13. The first-order valence-electron chi connectivity index (χ1n) is 9.49. The highest BCUT2D eigenvalue weighted by molar-refractivity contribution is 5.81. The smallest absolute Gasteiger partial charge is 0.261 e. The van der Waals surface area contributed by atoms with Crippen LogP contribution in [0.15, 0.2) is 36.4 Å². The van der Waals surface area contributed by atoms with E-state index in [1.54, 1.807) is 6.92 Å². The summed E-state index contributed by atoms with van der Waals surface area (Å²) in [4.78, 5) is 12.8. The number of benzene rings is 2. The highest BCUT2D eigenvalue weighted by Crippen LogP contribution is 2.39. The van der Waals surface area contributed by atoms with Crippen LogP contribution < -0.4 is 14.8 Å². The van der Waals surface area contributed by atoms with E-state index >= 15 is 0 Å². The van der Waals surface area contributed by atoms with Gasteiger partial charge in [0, 0.05) is 12.0 Å². The maximum Gasteiger partial charge on any atom is 0.261 e. The highest BCUT2D eigenvalue weighted by Gasteiger charge is 2.35. The Hall–Kier alpha value is -2.49. The van der Waals surface area contributed by atoms with Gasteiger partial charge in [0.15, 0.2) is 6.10 Å². The number of nitrogens with one attached hydrogen (secondary N) is 1. The summed E-state index contributed by atoms with van der Waals surface area (Å²) in [6, 6.07) is 11.9. The van der Waals surface area contributed by atoms with Gasteiger partial charge >= 0.3 is 0 Å². The molecule has 0 saturated heterocycles. The topological polar surface area (TPSA) is 47.6 Å². The van der Waals surface area contributed by atoms with Crippen molar-refractivity contribution >= 4 is 5.91 Å². The minimum atomic E-state index is -0.581. The molecule has 0 spiro atoms. The first-order chi connectivity index (χ1) is 12.7. The maximum atomic E-state index is 12.8. The summed E-state index contributed by atoms with van der Waals surface area (Å²) in [5, 5.41) is 3.16. The van der Waals surface area contributed by atoms with E-state index in [2.05, 4.69) is 18.3 Å². The zero-order chi connectivity index (χ0) is 19.8. The molecule has 0 aromatic heterocycles. The van der Waals surface area contributed by atoms with E-state index < -0.39 is 6.10 Å². The van der Waals surface area contributed by atoms with Crippen LogP contribution in [0.3, 0.4) is 0 Å². The Labute approximate surface area is 161 Å². The van der Waals surface area contributed by atoms with Crippen LogP contribution in [0.5, 0.6) is 11.5 Å². The number of hydrogen-bond acceptors (Lipinski definition) is 3. The quantitative estimate of drug-likeness (QED) is 0.844. The average Bonchev–Trinajstić information content (AvgIpc) is 2.58. The molecule has 1 aliphatic heterocycles. The molecule has 1 N–H and O–H groups in total. The molecular formula is C23H29NO3. The summed E-state index contributed by atoms with van der Waals surface area (Å²) in [6.07, 6.45) is 0.133. The van der Waals surface area contributed by atoms with Crippen LogP contribution in [0, 0.1) is 20.8 Å². The van der Waals surface area contributed by atoms with Gasteiger partial charge in [0.05, 0.1) is 6.04 Å². The van der Waals surface area contributed by atoms with Crippen LogP contribution in [0.2, 0.25) is 0 Å². The lowest BCUT2D eigenvalue weighted by atomic mass is 9.89. The lowest BCUT2D eigenvalue weighted by molar-refractivity contribution is -0.128. The average molecular weight is 367 g/mol. The summed E-state index contributed by atoms with van der Waals surface area (Å²) in [5.74, 6) is 1.48. The van der Waals surface area contributed by atoms with Crippen LogP contribution in [-0.2, 0) is 4.79 Å². The zero-order valence-corrected chi connectivity index (χ0v) is 17.1. The van der Waals surface area contributed by atoms with E-state index in [0.717, 1.165) is 33.8 Å². The monoisotopic (exact) mass is 367 g/mol. The Kier molecular flexibility index (Phi) is 5.18. The van der Waals surface area contributed by atoms with Crippen LogP contribution in [0.4, 0.5) is 0 Å². The Bertz CT molecular complexity index is 857. The van der Waals surface area contributed by atoms with Crippen LogP contribution >= 0.6 is 0 Å². The fourth-order valence-electron chi connectivity index (χ4n) is 3.59. The standard InChI is InChI=1S/C23H29NO3/c1-14-11-15(2)16(3)21(12-14)26-17(4)22(25)24-19-13-23(5,6)27-20-10-8-7-9-18(19)20/h7-12,17,19H,13H2,1-6H3,(H,24,25)/t17-,19+/m1/s1. The Morgan fingerprint density at radius 2 is 1.93 bits per heavy atom. The van der Waals surface area contributed by atoms with E-state index in [9.17, 15) is 4.79 Å². The number of carbonyl (C=O) groups excluding carboxylic acids is 1. The molecule has 0 fully saturated rings. The predicted octanol–water partition coefficient (Wildman–Crippen LogP) is 4.80. The minimum Gasteiger partial charge on any atom is -0.487 e. The van der Waals surface area contributed by atoms with Crippen molar-refractivity contribution < 1.29 is 14.3 Å². The molecule has 1 amide bonds. The van der Waals surface area contributed by atoms with Crippen LogP contribution in [-0.4, -0.2) is 17.6 Å². The lowest BCUT2D eigenvalue weighted by Gasteiger charge is -2.38. The van der Waals surface area contributed by atoms with Crippen molar-refractivity contribution in [3.63, 3.8) is 0 Å². The Morgan fingerprint density at radius 3 is 2.67 bits per heavy atom. The summed E-state index contributed by atoms with van der Waals surface area (Å²) < 4.78 is 12.1. The number of ether oxygens (including phenoxy) is 2. The highest BCUT2D eigenvalue weighted by atomic mass is 16.5. The third-order valence-electron chi connectivity index (χ3n) is 5.13. The van der Waals surface area contributed by atoms with Gasteiger partial charge < -0.3 is 14.8 Å². The number of carbonyl (C=O) groups is 1. The van der Waals surface area contributed by atoms with Gasteiger partial charge in [0.25, 0.3) is 5.91 Å². The van der Waals surface area contributed by atoms with Gasteiger partial charge in [-0.1, -0.05) is 24.3 Å². The number of amides is 1. The number of para-hydroxylation sites is 1. The van der Waals surface area contributed by atoms with Gasteiger partial charge in [0.1, 0.15) is 17.1 Å². The molecule has 27 heavy (non-hydrogen) atoms. The molecular weight excluding hydrogens is 338 g/mol. The molecule has 4 heteroatoms. The Morgan fingerprint density at radius 1 is 1.22 bits per heavy atom. The summed E-state index contributed by atoms with van der Waals surface area (Å²) >= 11 is 0. The van der Waals surface area contributed by atoms with Gasteiger partial charge in [0.2, 0.25) is 0 Å². The minimum absolute atomic E-state index is 0.0937. The number of rotatable bonds is 4. The Balaban J connectivity index is 1.75. The van der Waals surface area contributed by atoms with Gasteiger partial charge in [-0.3, -0.25) is 4.79 Å².